The average Bonchev–Trinajstić information content (AvgIpc) is 3.41. The van der Waals surface area contributed by atoms with Gasteiger partial charge in [-0.3, -0.25) is 4.79 Å². The van der Waals surface area contributed by atoms with Crippen molar-refractivity contribution in [3.8, 4) is 0 Å². The monoisotopic (exact) mass is 412 g/mol. The van der Waals surface area contributed by atoms with Crippen LogP contribution in [-0.2, 0) is 0 Å². The van der Waals surface area contributed by atoms with Gasteiger partial charge >= 0.3 is 0 Å². The number of benzene rings is 1. The summed E-state index contributed by atoms with van der Waals surface area (Å²) in [5.41, 5.74) is 1.23. The number of aromatic nitrogens is 4. The van der Waals surface area contributed by atoms with Gasteiger partial charge in [0.05, 0.1) is 11.7 Å². The van der Waals surface area contributed by atoms with Crippen LogP contribution in [0.4, 0.5) is 26.2 Å². The van der Waals surface area contributed by atoms with E-state index in [1.807, 2.05) is 6.07 Å². The fourth-order valence-corrected chi connectivity index (χ4v) is 3.37. The van der Waals surface area contributed by atoms with Gasteiger partial charge in [-0.1, -0.05) is 6.07 Å². The van der Waals surface area contributed by atoms with Gasteiger partial charge in [0.1, 0.15) is 29.1 Å². The van der Waals surface area contributed by atoms with E-state index in [2.05, 4.69) is 25.7 Å². The van der Waals surface area contributed by atoms with E-state index in [1.165, 1.54) is 23.7 Å². The lowest BCUT2D eigenvalue weighted by molar-refractivity contribution is 0.0918. The number of hydrogen-bond acceptors (Lipinski definition) is 6. The van der Waals surface area contributed by atoms with E-state index in [0.717, 1.165) is 24.6 Å². The lowest BCUT2D eigenvalue weighted by Crippen LogP contribution is -2.12. The number of rotatable bonds is 6. The van der Waals surface area contributed by atoms with Crippen molar-refractivity contribution in [2.24, 2.45) is 0 Å². The van der Waals surface area contributed by atoms with Gasteiger partial charge < -0.3 is 10.6 Å². The second-order valence-corrected chi connectivity index (χ2v) is 7.50. The summed E-state index contributed by atoms with van der Waals surface area (Å²) in [5, 5.41) is 10.6. The van der Waals surface area contributed by atoms with Crippen molar-refractivity contribution in [1.82, 2.24) is 19.7 Å². The van der Waals surface area contributed by atoms with E-state index < -0.39 is 17.7 Å². The zero-order valence-corrected chi connectivity index (χ0v) is 16.9. The molecular formula is C21H22F2N6O. The SMILES string of the molecule is CC(=O)n1nc(Nc2cc(NC(C)c3ccc(F)cc3F)nc(C)n2)cc1C1CC1. The van der Waals surface area contributed by atoms with Crippen LogP contribution in [0, 0.1) is 18.6 Å². The molecule has 0 bridgehead atoms. The van der Waals surface area contributed by atoms with Crippen molar-refractivity contribution in [2.45, 2.75) is 45.6 Å². The minimum absolute atomic E-state index is 0.138. The molecule has 1 fully saturated rings. The molecule has 0 spiro atoms. The minimum atomic E-state index is -0.624. The van der Waals surface area contributed by atoms with Crippen molar-refractivity contribution >= 4 is 23.4 Å². The number of carbonyl (C=O) groups excluding carboxylic acids is 1. The highest BCUT2D eigenvalue weighted by molar-refractivity contribution is 5.77. The predicted molar refractivity (Wildman–Crippen MR) is 109 cm³/mol. The van der Waals surface area contributed by atoms with Crippen molar-refractivity contribution in [3.05, 3.63) is 59.0 Å². The third-order valence-electron chi connectivity index (χ3n) is 4.92. The highest BCUT2D eigenvalue weighted by atomic mass is 19.1. The zero-order valence-electron chi connectivity index (χ0n) is 16.9. The minimum Gasteiger partial charge on any atom is -0.363 e. The molecule has 1 aliphatic rings. The van der Waals surface area contributed by atoms with Crippen molar-refractivity contribution < 1.29 is 13.6 Å². The summed E-state index contributed by atoms with van der Waals surface area (Å²) in [4.78, 5) is 20.6. The molecule has 0 radical (unpaired) electrons. The van der Waals surface area contributed by atoms with E-state index in [-0.39, 0.29) is 5.91 Å². The van der Waals surface area contributed by atoms with Crippen LogP contribution < -0.4 is 10.6 Å². The average molecular weight is 412 g/mol. The maximum absolute atomic E-state index is 14.1. The molecule has 1 atom stereocenters. The zero-order chi connectivity index (χ0) is 21.4. The standard InChI is InChI=1S/C21H22F2N6O/c1-11(16-7-6-15(22)8-17(16)23)24-19-10-20(26-12(2)25-19)27-21-9-18(14-4-5-14)29(28-21)13(3)30/h6-11,14H,4-5H2,1-3H3,(H2,24,25,26,27,28). The molecule has 0 aliphatic heterocycles. The first-order valence-electron chi connectivity index (χ1n) is 9.75. The van der Waals surface area contributed by atoms with Crippen LogP contribution >= 0.6 is 0 Å². The first kappa shape index (κ1) is 19.9. The molecule has 9 heteroatoms. The van der Waals surface area contributed by atoms with Gasteiger partial charge in [0.25, 0.3) is 0 Å². The van der Waals surface area contributed by atoms with Crippen LogP contribution in [0.15, 0.2) is 30.3 Å². The molecule has 1 saturated carbocycles. The maximum atomic E-state index is 14.1. The van der Waals surface area contributed by atoms with Gasteiger partial charge in [-0.25, -0.2) is 23.4 Å². The molecule has 4 rings (SSSR count). The summed E-state index contributed by atoms with van der Waals surface area (Å²) >= 11 is 0. The van der Waals surface area contributed by atoms with Crippen LogP contribution in [-0.4, -0.2) is 25.7 Å². The van der Waals surface area contributed by atoms with E-state index in [9.17, 15) is 13.6 Å². The summed E-state index contributed by atoms with van der Waals surface area (Å²) in [5.74, 6) is 0.984. The molecule has 1 aromatic carbocycles. The largest absolute Gasteiger partial charge is 0.363 e. The molecule has 156 valence electrons. The summed E-state index contributed by atoms with van der Waals surface area (Å²) in [6.07, 6.45) is 2.11. The van der Waals surface area contributed by atoms with Gasteiger partial charge in [-0.2, -0.15) is 0 Å². The summed E-state index contributed by atoms with van der Waals surface area (Å²) in [7, 11) is 0. The van der Waals surface area contributed by atoms with Gasteiger partial charge in [-0.05, 0) is 32.8 Å². The Kier molecular flexibility index (Phi) is 5.19. The van der Waals surface area contributed by atoms with E-state index in [0.29, 0.717) is 34.8 Å². The molecular weight excluding hydrogens is 390 g/mol. The maximum Gasteiger partial charge on any atom is 0.244 e. The Balaban J connectivity index is 1.55. The van der Waals surface area contributed by atoms with E-state index in [1.54, 1.807) is 19.9 Å². The molecule has 1 unspecified atom stereocenters. The highest BCUT2D eigenvalue weighted by Crippen LogP contribution is 2.41. The molecule has 0 saturated heterocycles. The molecule has 3 aromatic rings. The Morgan fingerprint density at radius 2 is 1.87 bits per heavy atom. The van der Waals surface area contributed by atoms with Crippen LogP contribution in [0.5, 0.6) is 0 Å². The quantitative estimate of drug-likeness (QED) is 0.610. The Morgan fingerprint density at radius 3 is 2.53 bits per heavy atom. The molecule has 0 amide bonds. The third kappa shape index (κ3) is 4.29. The Morgan fingerprint density at radius 1 is 1.13 bits per heavy atom. The Hall–Kier alpha value is -3.36. The lowest BCUT2D eigenvalue weighted by atomic mass is 10.1. The number of hydrogen-bond donors (Lipinski definition) is 2. The molecule has 30 heavy (non-hydrogen) atoms. The fraction of sp³-hybridized carbons (Fsp3) is 0.333. The van der Waals surface area contributed by atoms with Crippen LogP contribution in [0.1, 0.15) is 60.5 Å². The number of nitrogens with zero attached hydrogens (tertiary/aromatic N) is 4. The van der Waals surface area contributed by atoms with Gasteiger partial charge in [0.2, 0.25) is 5.91 Å². The third-order valence-corrected chi connectivity index (χ3v) is 4.92. The molecule has 1 aliphatic carbocycles. The van der Waals surface area contributed by atoms with E-state index >= 15 is 0 Å². The highest BCUT2D eigenvalue weighted by Gasteiger charge is 2.29. The second kappa shape index (κ2) is 7.81. The Labute approximate surface area is 172 Å². The topological polar surface area (TPSA) is 84.7 Å². The van der Waals surface area contributed by atoms with Gasteiger partial charge in [-0.15, -0.1) is 5.10 Å². The number of aryl methyl sites for hydroxylation is 1. The molecule has 2 N–H and O–H groups in total. The summed E-state index contributed by atoms with van der Waals surface area (Å²) in [6, 6.07) is 6.58. The molecule has 7 nitrogen and oxygen atoms in total. The number of nitrogens with one attached hydrogen (secondary N) is 2. The predicted octanol–water partition coefficient (Wildman–Crippen LogP) is 4.71. The molecule has 2 heterocycles. The summed E-state index contributed by atoms with van der Waals surface area (Å²) < 4.78 is 28.7. The van der Waals surface area contributed by atoms with E-state index in [4.69, 9.17) is 0 Å². The van der Waals surface area contributed by atoms with Crippen LogP contribution in [0.2, 0.25) is 0 Å². The second-order valence-electron chi connectivity index (χ2n) is 7.50. The number of halogens is 2. The van der Waals surface area contributed by atoms with Gasteiger partial charge in [0, 0.05) is 36.6 Å². The van der Waals surface area contributed by atoms with Crippen LogP contribution in [0.3, 0.4) is 0 Å². The normalized spacial score (nSPS) is 14.4. The smallest absolute Gasteiger partial charge is 0.244 e. The number of anilines is 3. The van der Waals surface area contributed by atoms with Crippen molar-refractivity contribution in [3.63, 3.8) is 0 Å². The van der Waals surface area contributed by atoms with Gasteiger partial charge in [0.15, 0.2) is 5.82 Å². The first-order valence-corrected chi connectivity index (χ1v) is 9.75. The van der Waals surface area contributed by atoms with Crippen LogP contribution in [0.25, 0.3) is 0 Å². The number of carbonyl (C=O) groups is 1. The van der Waals surface area contributed by atoms with Crippen molar-refractivity contribution in [2.75, 3.05) is 10.6 Å². The summed E-state index contributed by atoms with van der Waals surface area (Å²) in [6.45, 7) is 4.98. The fourth-order valence-electron chi connectivity index (χ4n) is 3.37. The first-order chi connectivity index (χ1) is 14.3. The lowest BCUT2D eigenvalue weighted by Gasteiger charge is -2.16. The molecule has 2 aromatic heterocycles. The Bertz CT molecular complexity index is 1110. The van der Waals surface area contributed by atoms with Crippen molar-refractivity contribution in [1.29, 1.82) is 0 Å².